The lowest BCUT2D eigenvalue weighted by Gasteiger charge is -2.28. The molecular weight excluding hydrogens is 254 g/mol. The maximum atomic E-state index is 12.4. The van der Waals surface area contributed by atoms with Crippen molar-refractivity contribution in [3.8, 4) is 6.07 Å². The van der Waals surface area contributed by atoms with Crippen molar-refractivity contribution < 1.29 is 4.74 Å². The molecule has 0 spiro atoms. The van der Waals surface area contributed by atoms with E-state index in [0.717, 1.165) is 50.2 Å². The summed E-state index contributed by atoms with van der Waals surface area (Å²) in [6, 6.07) is 3.80. The molecule has 0 saturated carbocycles. The highest BCUT2D eigenvalue weighted by Gasteiger charge is 2.23. The summed E-state index contributed by atoms with van der Waals surface area (Å²) in [5, 5.41) is 9.16. The van der Waals surface area contributed by atoms with Crippen LogP contribution in [0.2, 0.25) is 0 Å². The smallest absolute Gasteiger partial charge is 0.268 e. The number of nitrogens with zero attached hydrogens (tertiary/aromatic N) is 3. The van der Waals surface area contributed by atoms with Crippen LogP contribution in [0.3, 0.4) is 0 Å². The number of ether oxygens (including phenoxy) is 1. The fourth-order valence-corrected chi connectivity index (χ4v) is 3.12. The molecule has 0 N–H and O–H groups in total. The minimum Gasteiger partial charge on any atom is -0.376 e. The highest BCUT2D eigenvalue weighted by molar-refractivity contribution is 5.35. The van der Waals surface area contributed by atoms with E-state index in [1.165, 1.54) is 0 Å². The zero-order valence-electron chi connectivity index (χ0n) is 11.8. The number of nitriles is 1. The summed E-state index contributed by atoms with van der Waals surface area (Å²) in [6.45, 7) is 3.11. The van der Waals surface area contributed by atoms with Gasteiger partial charge in [0.25, 0.3) is 5.56 Å². The van der Waals surface area contributed by atoms with Crippen LogP contribution in [-0.2, 0) is 24.2 Å². The topological polar surface area (TPSA) is 58.3 Å². The van der Waals surface area contributed by atoms with Gasteiger partial charge in [0.2, 0.25) is 0 Å². The van der Waals surface area contributed by atoms with Gasteiger partial charge in [0, 0.05) is 31.8 Å². The van der Waals surface area contributed by atoms with Crippen LogP contribution in [0, 0.1) is 11.3 Å². The van der Waals surface area contributed by atoms with Crippen molar-refractivity contribution in [3.05, 3.63) is 33.2 Å². The van der Waals surface area contributed by atoms with E-state index in [1.807, 2.05) is 6.07 Å². The molecule has 5 nitrogen and oxygen atoms in total. The van der Waals surface area contributed by atoms with Gasteiger partial charge in [-0.2, -0.15) is 5.26 Å². The predicted octanol–water partition coefficient (Wildman–Crippen LogP) is 0.887. The first kappa shape index (κ1) is 13.3. The number of hydrogen-bond donors (Lipinski definition) is 0. The van der Waals surface area contributed by atoms with E-state index < -0.39 is 0 Å². The number of fused-ring (bicyclic) bond motifs is 1. The fourth-order valence-electron chi connectivity index (χ4n) is 3.12. The maximum Gasteiger partial charge on any atom is 0.268 e. The number of likely N-dealkylation sites (N-methyl/N-ethyl adjacent to an activating group) is 1. The van der Waals surface area contributed by atoms with Gasteiger partial charge in [-0.1, -0.05) is 0 Å². The van der Waals surface area contributed by atoms with E-state index in [-0.39, 0.29) is 17.2 Å². The lowest BCUT2D eigenvalue weighted by molar-refractivity contribution is 0.0948. The van der Waals surface area contributed by atoms with Gasteiger partial charge < -0.3 is 14.2 Å². The molecule has 0 bridgehead atoms. The molecule has 20 heavy (non-hydrogen) atoms. The zero-order valence-corrected chi connectivity index (χ0v) is 11.8. The van der Waals surface area contributed by atoms with Crippen LogP contribution in [0.25, 0.3) is 0 Å². The van der Waals surface area contributed by atoms with Crippen LogP contribution in [0.15, 0.2) is 10.9 Å². The Morgan fingerprint density at radius 1 is 1.55 bits per heavy atom. The minimum absolute atomic E-state index is 0.116. The molecule has 106 valence electrons. The Labute approximate surface area is 118 Å². The van der Waals surface area contributed by atoms with Crippen molar-refractivity contribution >= 4 is 0 Å². The van der Waals surface area contributed by atoms with Gasteiger partial charge in [-0.15, -0.1) is 0 Å². The number of pyridine rings is 1. The summed E-state index contributed by atoms with van der Waals surface area (Å²) >= 11 is 0. The minimum atomic E-state index is -0.161. The molecule has 2 aliphatic heterocycles. The van der Waals surface area contributed by atoms with Crippen LogP contribution in [0.1, 0.15) is 29.7 Å². The van der Waals surface area contributed by atoms with Crippen LogP contribution < -0.4 is 5.56 Å². The monoisotopic (exact) mass is 273 g/mol. The van der Waals surface area contributed by atoms with E-state index >= 15 is 0 Å². The summed E-state index contributed by atoms with van der Waals surface area (Å²) in [5.74, 6) is 0. The summed E-state index contributed by atoms with van der Waals surface area (Å²) in [7, 11) is 2.06. The number of aromatic nitrogens is 1. The second-order valence-electron chi connectivity index (χ2n) is 5.68. The third kappa shape index (κ3) is 2.37. The van der Waals surface area contributed by atoms with Gasteiger partial charge in [0.05, 0.1) is 12.6 Å². The standard InChI is InChI=1S/C15H19N3O2/c1-17-5-4-14-12(9-17)7-11(8-16)15(19)18(14)10-13-3-2-6-20-13/h7,13H,2-6,9-10H2,1H3. The average molecular weight is 273 g/mol. The van der Waals surface area contributed by atoms with Crippen molar-refractivity contribution in [1.82, 2.24) is 9.47 Å². The average Bonchev–Trinajstić information content (AvgIpc) is 2.94. The Morgan fingerprint density at radius 3 is 3.10 bits per heavy atom. The molecule has 3 rings (SSSR count). The van der Waals surface area contributed by atoms with Gasteiger partial charge in [-0.05, 0) is 31.5 Å². The third-order valence-electron chi connectivity index (χ3n) is 4.19. The summed E-state index contributed by atoms with van der Waals surface area (Å²) < 4.78 is 7.43. The molecule has 1 aromatic rings. The van der Waals surface area contributed by atoms with E-state index in [2.05, 4.69) is 11.9 Å². The number of hydrogen-bond acceptors (Lipinski definition) is 4. The van der Waals surface area contributed by atoms with Crippen molar-refractivity contribution in [2.75, 3.05) is 20.2 Å². The maximum absolute atomic E-state index is 12.4. The molecule has 5 heteroatoms. The Kier molecular flexibility index (Phi) is 3.60. The molecule has 1 atom stereocenters. The molecule has 1 fully saturated rings. The predicted molar refractivity (Wildman–Crippen MR) is 74.4 cm³/mol. The molecular formula is C15H19N3O2. The molecule has 1 saturated heterocycles. The first-order chi connectivity index (χ1) is 9.69. The van der Waals surface area contributed by atoms with Gasteiger partial charge in [-0.3, -0.25) is 4.79 Å². The molecule has 0 aliphatic carbocycles. The molecule has 0 aromatic carbocycles. The molecule has 0 radical (unpaired) electrons. The lowest BCUT2D eigenvalue weighted by Crippen LogP contribution is -2.37. The second kappa shape index (κ2) is 5.39. The zero-order chi connectivity index (χ0) is 14.1. The highest BCUT2D eigenvalue weighted by atomic mass is 16.5. The van der Waals surface area contributed by atoms with E-state index in [4.69, 9.17) is 10.00 Å². The Hall–Kier alpha value is -1.64. The summed E-state index contributed by atoms with van der Waals surface area (Å²) in [6.07, 6.45) is 3.03. The van der Waals surface area contributed by atoms with E-state index in [0.29, 0.717) is 6.54 Å². The van der Waals surface area contributed by atoms with Gasteiger partial charge in [0.1, 0.15) is 11.6 Å². The summed E-state index contributed by atoms with van der Waals surface area (Å²) in [4.78, 5) is 14.6. The fraction of sp³-hybridized carbons (Fsp3) is 0.600. The first-order valence-electron chi connectivity index (χ1n) is 7.15. The largest absolute Gasteiger partial charge is 0.376 e. The number of rotatable bonds is 2. The Bertz CT molecular complexity index is 609. The van der Waals surface area contributed by atoms with Crippen LogP contribution in [0.5, 0.6) is 0 Å². The van der Waals surface area contributed by atoms with Crippen molar-refractivity contribution in [3.63, 3.8) is 0 Å². The van der Waals surface area contributed by atoms with Gasteiger partial charge in [-0.25, -0.2) is 0 Å². The Balaban J connectivity index is 2.04. The Morgan fingerprint density at radius 2 is 2.40 bits per heavy atom. The van der Waals surface area contributed by atoms with E-state index in [9.17, 15) is 4.79 Å². The van der Waals surface area contributed by atoms with E-state index in [1.54, 1.807) is 10.6 Å². The van der Waals surface area contributed by atoms with Crippen LogP contribution in [0.4, 0.5) is 0 Å². The van der Waals surface area contributed by atoms with Crippen LogP contribution in [-0.4, -0.2) is 35.8 Å². The first-order valence-corrected chi connectivity index (χ1v) is 7.15. The highest BCUT2D eigenvalue weighted by Crippen LogP contribution is 2.20. The molecule has 2 aliphatic rings. The molecule has 0 amide bonds. The SMILES string of the molecule is CN1CCc2c(cc(C#N)c(=O)n2CC2CCCO2)C1. The van der Waals surface area contributed by atoms with Crippen molar-refractivity contribution in [1.29, 1.82) is 5.26 Å². The second-order valence-corrected chi connectivity index (χ2v) is 5.68. The molecule has 1 unspecified atom stereocenters. The van der Waals surface area contributed by atoms with Gasteiger partial charge in [0.15, 0.2) is 0 Å². The summed E-state index contributed by atoms with van der Waals surface area (Å²) in [5.41, 5.74) is 2.28. The lowest BCUT2D eigenvalue weighted by atomic mass is 10.0. The quantitative estimate of drug-likeness (QED) is 0.803. The van der Waals surface area contributed by atoms with Crippen molar-refractivity contribution in [2.45, 2.75) is 38.5 Å². The van der Waals surface area contributed by atoms with Crippen molar-refractivity contribution in [2.24, 2.45) is 0 Å². The van der Waals surface area contributed by atoms with Crippen LogP contribution >= 0.6 is 0 Å². The molecule has 1 aromatic heterocycles. The third-order valence-corrected chi connectivity index (χ3v) is 4.19. The molecule has 3 heterocycles. The normalized spacial score (nSPS) is 22.5. The van der Waals surface area contributed by atoms with Gasteiger partial charge >= 0.3 is 0 Å².